The molecule has 6 heteroatoms. The summed E-state index contributed by atoms with van der Waals surface area (Å²) in [6, 6.07) is 20.5. The minimum absolute atomic E-state index is 0.00497. The maximum absolute atomic E-state index is 12.7. The van der Waals surface area contributed by atoms with Crippen molar-refractivity contribution in [3.63, 3.8) is 0 Å². The van der Waals surface area contributed by atoms with Gasteiger partial charge in [-0.2, -0.15) is 5.10 Å². The Labute approximate surface area is 170 Å². The van der Waals surface area contributed by atoms with Gasteiger partial charge < -0.3 is 9.64 Å². The predicted molar refractivity (Wildman–Crippen MR) is 113 cm³/mol. The van der Waals surface area contributed by atoms with Gasteiger partial charge in [0.05, 0.1) is 12.8 Å². The fourth-order valence-corrected chi connectivity index (χ4v) is 3.06. The van der Waals surface area contributed by atoms with Gasteiger partial charge in [0.2, 0.25) is 5.91 Å². The molecule has 0 aliphatic heterocycles. The molecule has 6 nitrogen and oxygen atoms in total. The van der Waals surface area contributed by atoms with Gasteiger partial charge in [0.15, 0.2) is 0 Å². The molecule has 1 amide bonds. The molecule has 0 N–H and O–H groups in total. The summed E-state index contributed by atoms with van der Waals surface area (Å²) in [4.78, 5) is 26.6. The van der Waals surface area contributed by atoms with Crippen LogP contribution >= 0.6 is 0 Å². The maximum atomic E-state index is 12.7. The van der Waals surface area contributed by atoms with Gasteiger partial charge in [-0.25, -0.2) is 4.68 Å². The Kier molecular flexibility index (Phi) is 6.44. The summed E-state index contributed by atoms with van der Waals surface area (Å²) in [7, 11) is 3.36. The average Bonchev–Trinajstić information content (AvgIpc) is 2.75. The van der Waals surface area contributed by atoms with E-state index in [1.54, 1.807) is 25.1 Å². The van der Waals surface area contributed by atoms with Crippen LogP contribution in [-0.2, 0) is 17.8 Å². The highest BCUT2D eigenvalue weighted by molar-refractivity contribution is 5.76. The summed E-state index contributed by atoms with van der Waals surface area (Å²) in [6.07, 6.45) is 0.747. The normalized spacial score (nSPS) is 11.7. The Morgan fingerprint density at radius 2 is 1.76 bits per heavy atom. The van der Waals surface area contributed by atoms with Gasteiger partial charge in [-0.3, -0.25) is 9.59 Å². The maximum Gasteiger partial charge on any atom is 0.267 e. The minimum Gasteiger partial charge on any atom is -0.497 e. The van der Waals surface area contributed by atoms with Crippen LogP contribution in [0.15, 0.2) is 71.5 Å². The summed E-state index contributed by atoms with van der Waals surface area (Å²) in [5.74, 6) is 0.584. The van der Waals surface area contributed by atoms with E-state index in [0.717, 1.165) is 23.3 Å². The lowest BCUT2D eigenvalue weighted by atomic mass is 10.1. The topological polar surface area (TPSA) is 64.4 Å². The zero-order valence-electron chi connectivity index (χ0n) is 16.9. The molecular weight excluding hydrogens is 366 g/mol. The third-order valence-corrected chi connectivity index (χ3v) is 4.97. The van der Waals surface area contributed by atoms with Crippen LogP contribution in [-0.4, -0.2) is 40.8 Å². The second-order valence-corrected chi connectivity index (χ2v) is 6.99. The number of aromatic nitrogens is 2. The number of ether oxygens (including phenoxy) is 1. The van der Waals surface area contributed by atoms with Gasteiger partial charge in [-0.15, -0.1) is 0 Å². The molecule has 2 aromatic carbocycles. The minimum atomic E-state index is -0.306. The van der Waals surface area contributed by atoms with Crippen molar-refractivity contribution < 1.29 is 9.53 Å². The highest BCUT2D eigenvalue weighted by Gasteiger charge is 2.18. The van der Waals surface area contributed by atoms with Crippen LogP contribution in [0.5, 0.6) is 5.75 Å². The molecule has 150 valence electrons. The molecular formula is C23H25N3O3. The summed E-state index contributed by atoms with van der Waals surface area (Å²) in [5, 5.41) is 4.38. The van der Waals surface area contributed by atoms with Crippen molar-refractivity contribution in [2.45, 2.75) is 25.9 Å². The fourth-order valence-electron chi connectivity index (χ4n) is 3.06. The number of amides is 1. The van der Waals surface area contributed by atoms with Gasteiger partial charge in [0.1, 0.15) is 12.3 Å². The summed E-state index contributed by atoms with van der Waals surface area (Å²) in [6.45, 7) is 1.90. The van der Waals surface area contributed by atoms with E-state index in [0.29, 0.717) is 5.69 Å². The Balaban J connectivity index is 1.72. The molecule has 0 fully saturated rings. The number of methoxy groups -OCH3 is 1. The highest BCUT2D eigenvalue weighted by Crippen LogP contribution is 2.19. The zero-order valence-corrected chi connectivity index (χ0v) is 16.9. The van der Waals surface area contributed by atoms with Crippen LogP contribution in [0, 0.1) is 0 Å². The van der Waals surface area contributed by atoms with E-state index in [4.69, 9.17) is 4.74 Å². The smallest absolute Gasteiger partial charge is 0.267 e. The first-order chi connectivity index (χ1) is 14.0. The first-order valence-electron chi connectivity index (χ1n) is 9.50. The third kappa shape index (κ3) is 5.10. The van der Waals surface area contributed by atoms with Gasteiger partial charge in [-0.1, -0.05) is 30.3 Å². The van der Waals surface area contributed by atoms with Crippen molar-refractivity contribution in [2.75, 3.05) is 14.2 Å². The largest absolute Gasteiger partial charge is 0.497 e. The molecule has 29 heavy (non-hydrogen) atoms. The first-order valence-corrected chi connectivity index (χ1v) is 9.50. The molecule has 0 saturated carbocycles. The van der Waals surface area contributed by atoms with Crippen LogP contribution in [0.1, 0.15) is 12.5 Å². The molecule has 1 atom stereocenters. The molecule has 3 rings (SSSR count). The highest BCUT2D eigenvalue weighted by atomic mass is 16.5. The number of hydrogen-bond donors (Lipinski definition) is 0. The van der Waals surface area contributed by atoms with Crippen LogP contribution < -0.4 is 10.3 Å². The van der Waals surface area contributed by atoms with E-state index in [1.165, 1.54) is 10.7 Å². The molecule has 0 bridgehead atoms. The van der Waals surface area contributed by atoms with Crippen LogP contribution in [0.4, 0.5) is 0 Å². The molecule has 1 aromatic heterocycles. The molecule has 0 saturated heterocycles. The SMILES string of the molecule is COc1ccc(-c2ccc(=O)n(CC(=O)N(C)C(C)Cc3ccccc3)n2)cc1. The van der Waals surface area contributed by atoms with Crippen LogP contribution in [0.2, 0.25) is 0 Å². The lowest BCUT2D eigenvalue weighted by Gasteiger charge is -2.25. The van der Waals surface area contributed by atoms with Gasteiger partial charge >= 0.3 is 0 Å². The molecule has 1 unspecified atom stereocenters. The van der Waals surface area contributed by atoms with Crippen molar-refractivity contribution in [1.29, 1.82) is 0 Å². The number of benzene rings is 2. The second-order valence-electron chi connectivity index (χ2n) is 6.99. The van der Waals surface area contributed by atoms with E-state index in [2.05, 4.69) is 5.10 Å². The van der Waals surface area contributed by atoms with Crippen molar-refractivity contribution in [2.24, 2.45) is 0 Å². The average molecular weight is 391 g/mol. The summed E-state index contributed by atoms with van der Waals surface area (Å²) < 4.78 is 6.38. The Morgan fingerprint density at radius 1 is 1.07 bits per heavy atom. The van der Waals surface area contributed by atoms with E-state index >= 15 is 0 Å². The third-order valence-electron chi connectivity index (χ3n) is 4.97. The first kappa shape index (κ1) is 20.3. The molecule has 0 spiro atoms. The molecule has 0 aliphatic rings. The number of rotatable bonds is 7. The van der Waals surface area contributed by atoms with Gasteiger partial charge in [0, 0.05) is 24.7 Å². The number of nitrogens with zero attached hydrogens (tertiary/aromatic N) is 3. The molecule has 3 aromatic rings. The monoisotopic (exact) mass is 391 g/mol. The van der Waals surface area contributed by atoms with Crippen LogP contribution in [0.3, 0.4) is 0 Å². The second kappa shape index (κ2) is 9.19. The number of hydrogen-bond acceptors (Lipinski definition) is 4. The summed E-state index contributed by atoms with van der Waals surface area (Å²) in [5.41, 5.74) is 2.33. The Morgan fingerprint density at radius 3 is 2.41 bits per heavy atom. The van der Waals surface area contributed by atoms with E-state index in [1.807, 2.05) is 61.5 Å². The molecule has 1 heterocycles. The Hall–Kier alpha value is -3.41. The number of likely N-dealkylation sites (N-methyl/N-ethyl adjacent to an activating group) is 1. The van der Waals surface area contributed by atoms with Crippen molar-refractivity contribution >= 4 is 5.91 Å². The Bertz CT molecular complexity index is 1010. The molecule has 0 radical (unpaired) electrons. The number of carbonyl (C=O) groups excluding carboxylic acids is 1. The van der Waals surface area contributed by atoms with Gasteiger partial charge in [0.25, 0.3) is 5.56 Å². The van der Waals surface area contributed by atoms with Crippen LogP contribution in [0.25, 0.3) is 11.3 Å². The van der Waals surface area contributed by atoms with E-state index < -0.39 is 0 Å². The van der Waals surface area contributed by atoms with E-state index in [-0.39, 0.29) is 24.1 Å². The standard InChI is InChI=1S/C23H25N3O3/c1-17(15-18-7-5-4-6-8-18)25(2)23(28)16-26-22(27)14-13-21(24-26)19-9-11-20(29-3)12-10-19/h4-14,17H,15-16H2,1-3H3. The van der Waals surface area contributed by atoms with E-state index in [9.17, 15) is 9.59 Å². The fraction of sp³-hybridized carbons (Fsp3) is 0.261. The lowest BCUT2D eigenvalue weighted by molar-refractivity contribution is -0.132. The molecule has 0 aliphatic carbocycles. The van der Waals surface area contributed by atoms with Crippen molar-refractivity contribution in [3.05, 3.63) is 82.6 Å². The zero-order chi connectivity index (χ0) is 20.8. The summed E-state index contributed by atoms with van der Waals surface area (Å²) >= 11 is 0. The quantitative estimate of drug-likeness (QED) is 0.621. The van der Waals surface area contributed by atoms with Crippen molar-refractivity contribution in [1.82, 2.24) is 14.7 Å². The number of carbonyl (C=O) groups is 1. The lowest BCUT2D eigenvalue weighted by Crippen LogP contribution is -2.40. The van der Waals surface area contributed by atoms with Crippen molar-refractivity contribution in [3.8, 4) is 17.0 Å². The van der Waals surface area contributed by atoms with Gasteiger partial charge in [-0.05, 0) is 49.2 Å². The predicted octanol–water partition coefficient (Wildman–Crippen LogP) is 3.01.